The summed E-state index contributed by atoms with van der Waals surface area (Å²) in [5.74, 6) is -0.830. The standard InChI is InChI=1S/C14H20N4O3/c1-8-4-10(17-16-8)5-9-6-18(7-11(9)19)13(21)14(2-3-14)12(15)20/h4,9,11,19H,2-3,5-7H2,1H3,(H2,15,20)(H,16,17)/t9-,11-/m1/s1. The van der Waals surface area contributed by atoms with E-state index in [2.05, 4.69) is 10.2 Å². The highest BCUT2D eigenvalue weighted by Gasteiger charge is 2.58. The van der Waals surface area contributed by atoms with Crippen LogP contribution in [0.3, 0.4) is 0 Å². The number of aliphatic hydroxyl groups is 1. The molecule has 2 amide bonds. The van der Waals surface area contributed by atoms with Gasteiger partial charge >= 0.3 is 0 Å². The summed E-state index contributed by atoms with van der Waals surface area (Å²) < 4.78 is 0. The third-order valence-corrected chi connectivity index (χ3v) is 4.56. The first-order valence-corrected chi connectivity index (χ1v) is 7.20. The number of aromatic nitrogens is 2. The van der Waals surface area contributed by atoms with Crippen molar-refractivity contribution in [2.45, 2.75) is 32.3 Å². The summed E-state index contributed by atoms with van der Waals surface area (Å²) in [5.41, 5.74) is 6.18. The molecule has 7 nitrogen and oxygen atoms in total. The summed E-state index contributed by atoms with van der Waals surface area (Å²) in [5, 5.41) is 17.2. The lowest BCUT2D eigenvalue weighted by molar-refractivity contribution is -0.142. The third kappa shape index (κ3) is 2.42. The molecule has 2 atom stereocenters. The van der Waals surface area contributed by atoms with E-state index in [1.54, 1.807) is 4.90 Å². The van der Waals surface area contributed by atoms with Crippen molar-refractivity contribution in [3.8, 4) is 0 Å². The second-order valence-corrected chi connectivity index (χ2v) is 6.23. The summed E-state index contributed by atoms with van der Waals surface area (Å²) >= 11 is 0. The first-order valence-electron chi connectivity index (χ1n) is 7.20. The zero-order valence-electron chi connectivity index (χ0n) is 12.0. The monoisotopic (exact) mass is 292 g/mol. The average molecular weight is 292 g/mol. The van der Waals surface area contributed by atoms with Crippen LogP contribution >= 0.6 is 0 Å². The number of primary amides is 1. The Hall–Kier alpha value is -1.89. The van der Waals surface area contributed by atoms with E-state index < -0.39 is 17.4 Å². The van der Waals surface area contributed by atoms with Crippen LogP contribution in [0.2, 0.25) is 0 Å². The fraction of sp³-hybridized carbons (Fsp3) is 0.643. The van der Waals surface area contributed by atoms with Gasteiger partial charge in [-0.1, -0.05) is 0 Å². The van der Waals surface area contributed by atoms with Gasteiger partial charge in [0.2, 0.25) is 11.8 Å². The number of hydrogen-bond donors (Lipinski definition) is 3. The van der Waals surface area contributed by atoms with Crippen LogP contribution in [0, 0.1) is 18.3 Å². The topological polar surface area (TPSA) is 112 Å². The number of β-amino-alcohol motifs (C(OH)–C–C–N with tert-alkyl or cyclic N) is 1. The van der Waals surface area contributed by atoms with E-state index in [1.807, 2.05) is 13.0 Å². The minimum Gasteiger partial charge on any atom is -0.391 e. The molecule has 3 rings (SSSR count). The molecule has 1 aliphatic carbocycles. The first kappa shape index (κ1) is 14.1. The molecule has 0 bridgehead atoms. The number of carbonyl (C=O) groups excluding carboxylic acids is 2. The maximum atomic E-state index is 12.4. The van der Waals surface area contributed by atoms with Crippen LogP contribution in [-0.2, 0) is 16.0 Å². The van der Waals surface area contributed by atoms with Crippen molar-refractivity contribution in [1.82, 2.24) is 15.1 Å². The van der Waals surface area contributed by atoms with Crippen molar-refractivity contribution in [2.75, 3.05) is 13.1 Å². The van der Waals surface area contributed by atoms with E-state index in [0.717, 1.165) is 11.4 Å². The van der Waals surface area contributed by atoms with Gasteiger partial charge in [-0.05, 0) is 32.3 Å². The smallest absolute Gasteiger partial charge is 0.238 e. The number of likely N-dealkylation sites (tertiary alicyclic amines) is 1. The van der Waals surface area contributed by atoms with Crippen LogP contribution < -0.4 is 5.73 Å². The number of nitrogens with two attached hydrogens (primary N) is 1. The Labute approximate surface area is 122 Å². The van der Waals surface area contributed by atoms with Gasteiger partial charge in [0.1, 0.15) is 5.41 Å². The number of hydrogen-bond acceptors (Lipinski definition) is 4. The van der Waals surface area contributed by atoms with Crippen LogP contribution in [0.15, 0.2) is 6.07 Å². The molecule has 21 heavy (non-hydrogen) atoms. The second kappa shape index (κ2) is 4.84. The predicted octanol–water partition coefficient (Wildman–Crippen LogP) is -0.655. The molecule has 0 radical (unpaired) electrons. The zero-order valence-corrected chi connectivity index (χ0v) is 12.0. The SMILES string of the molecule is Cc1cc(C[C@@H]2CN(C(=O)C3(C(N)=O)CC3)C[C@H]2O)n[nH]1. The molecule has 4 N–H and O–H groups in total. The zero-order chi connectivity index (χ0) is 15.2. The molecule has 2 heterocycles. The normalized spacial score (nSPS) is 26.9. The van der Waals surface area contributed by atoms with Gasteiger partial charge in [-0.25, -0.2) is 0 Å². The highest BCUT2D eigenvalue weighted by Crippen LogP contribution is 2.47. The number of aliphatic hydroxyl groups excluding tert-OH is 1. The minimum absolute atomic E-state index is 0.0553. The molecule has 2 fully saturated rings. The number of nitrogens with zero attached hydrogens (tertiary/aromatic N) is 2. The Morgan fingerprint density at radius 2 is 2.24 bits per heavy atom. The third-order valence-electron chi connectivity index (χ3n) is 4.56. The Kier molecular flexibility index (Phi) is 3.24. The van der Waals surface area contributed by atoms with Gasteiger partial charge in [0.15, 0.2) is 0 Å². The lowest BCUT2D eigenvalue weighted by Gasteiger charge is -2.20. The van der Waals surface area contributed by atoms with Gasteiger partial charge in [-0.2, -0.15) is 5.10 Å². The van der Waals surface area contributed by atoms with Crippen molar-refractivity contribution in [2.24, 2.45) is 17.1 Å². The Bertz CT molecular complexity index is 579. The van der Waals surface area contributed by atoms with Gasteiger partial charge < -0.3 is 15.7 Å². The highest BCUT2D eigenvalue weighted by atomic mass is 16.3. The molecule has 0 spiro atoms. The Balaban J connectivity index is 1.66. The van der Waals surface area contributed by atoms with E-state index in [9.17, 15) is 14.7 Å². The maximum Gasteiger partial charge on any atom is 0.238 e. The van der Waals surface area contributed by atoms with Crippen molar-refractivity contribution in [1.29, 1.82) is 0 Å². The molecule has 1 aromatic rings. The Morgan fingerprint density at radius 3 is 2.76 bits per heavy atom. The summed E-state index contributed by atoms with van der Waals surface area (Å²) in [6.45, 7) is 2.63. The number of nitrogens with one attached hydrogen (secondary N) is 1. The lowest BCUT2D eigenvalue weighted by Crippen LogP contribution is -2.42. The Morgan fingerprint density at radius 1 is 1.52 bits per heavy atom. The molecule has 1 aliphatic heterocycles. The van der Waals surface area contributed by atoms with Crippen LogP contribution in [0.4, 0.5) is 0 Å². The van der Waals surface area contributed by atoms with Gasteiger partial charge in [0.05, 0.1) is 11.8 Å². The van der Waals surface area contributed by atoms with Crippen LogP contribution in [0.1, 0.15) is 24.2 Å². The van der Waals surface area contributed by atoms with E-state index in [0.29, 0.717) is 25.8 Å². The number of aromatic amines is 1. The molecule has 2 aliphatic rings. The van der Waals surface area contributed by atoms with Gasteiger partial charge in [-0.15, -0.1) is 0 Å². The summed E-state index contributed by atoms with van der Waals surface area (Å²) in [6, 6.07) is 1.93. The van der Waals surface area contributed by atoms with E-state index in [4.69, 9.17) is 5.73 Å². The summed E-state index contributed by atoms with van der Waals surface area (Å²) in [4.78, 5) is 25.4. The highest BCUT2D eigenvalue weighted by molar-refractivity contribution is 6.07. The largest absolute Gasteiger partial charge is 0.391 e. The quantitative estimate of drug-likeness (QED) is 0.640. The average Bonchev–Trinajstić information content (AvgIpc) is 3.04. The molecule has 1 saturated heterocycles. The van der Waals surface area contributed by atoms with Gasteiger partial charge in [-0.3, -0.25) is 14.7 Å². The minimum atomic E-state index is -1.00. The maximum absolute atomic E-state index is 12.4. The van der Waals surface area contributed by atoms with E-state index in [-0.39, 0.29) is 18.4 Å². The fourth-order valence-electron chi connectivity index (χ4n) is 3.06. The predicted molar refractivity (Wildman–Crippen MR) is 74.0 cm³/mol. The number of rotatable bonds is 4. The summed E-state index contributed by atoms with van der Waals surface area (Å²) in [7, 11) is 0. The van der Waals surface area contributed by atoms with Gasteiger partial charge in [0, 0.05) is 24.7 Å². The van der Waals surface area contributed by atoms with Crippen molar-refractivity contribution < 1.29 is 14.7 Å². The summed E-state index contributed by atoms with van der Waals surface area (Å²) in [6.07, 6.45) is 1.07. The number of aryl methyl sites for hydroxylation is 1. The van der Waals surface area contributed by atoms with Crippen molar-refractivity contribution in [3.63, 3.8) is 0 Å². The number of carbonyl (C=O) groups is 2. The van der Waals surface area contributed by atoms with Crippen molar-refractivity contribution in [3.05, 3.63) is 17.5 Å². The number of H-pyrrole nitrogens is 1. The molecule has 7 heteroatoms. The van der Waals surface area contributed by atoms with Crippen LogP contribution in [-0.4, -0.2) is 51.2 Å². The van der Waals surface area contributed by atoms with Crippen LogP contribution in [0.5, 0.6) is 0 Å². The van der Waals surface area contributed by atoms with Crippen molar-refractivity contribution >= 4 is 11.8 Å². The molecule has 114 valence electrons. The fourth-order valence-corrected chi connectivity index (χ4v) is 3.06. The molecular weight excluding hydrogens is 272 g/mol. The van der Waals surface area contributed by atoms with E-state index >= 15 is 0 Å². The molecule has 0 aromatic carbocycles. The van der Waals surface area contributed by atoms with E-state index in [1.165, 1.54) is 0 Å². The lowest BCUT2D eigenvalue weighted by atomic mass is 10.00. The van der Waals surface area contributed by atoms with Crippen LogP contribution in [0.25, 0.3) is 0 Å². The van der Waals surface area contributed by atoms with Gasteiger partial charge in [0.25, 0.3) is 0 Å². The molecule has 1 saturated carbocycles. The second-order valence-electron chi connectivity index (χ2n) is 6.23. The number of amides is 2. The molecule has 1 aromatic heterocycles. The first-order chi connectivity index (χ1) is 9.92. The molecule has 0 unspecified atom stereocenters. The molecular formula is C14H20N4O3.